The van der Waals surface area contributed by atoms with Crippen molar-refractivity contribution in [1.82, 2.24) is 4.57 Å². The maximum absolute atomic E-state index is 12.4. The second kappa shape index (κ2) is 4.67. The molecule has 2 N–H and O–H groups in total. The van der Waals surface area contributed by atoms with Gasteiger partial charge in [-0.15, -0.1) is 0 Å². The summed E-state index contributed by atoms with van der Waals surface area (Å²) in [6.07, 6.45) is 2.18. The Hall–Kier alpha value is -1.87. The largest absolute Gasteiger partial charge is 0.326 e. The van der Waals surface area contributed by atoms with Crippen LogP contribution in [0.15, 0.2) is 41.2 Å². The Bertz CT molecular complexity index is 651. The van der Waals surface area contributed by atoms with Gasteiger partial charge in [0.15, 0.2) is 0 Å². The van der Waals surface area contributed by atoms with Crippen molar-refractivity contribution in [3.8, 4) is 11.3 Å². The van der Waals surface area contributed by atoms with Gasteiger partial charge in [0.25, 0.3) is 5.56 Å². The van der Waals surface area contributed by atoms with Crippen molar-refractivity contribution < 1.29 is 0 Å². The average molecular weight is 254 g/mol. The van der Waals surface area contributed by atoms with Gasteiger partial charge in [0.1, 0.15) is 0 Å². The van der Waals surface area contributed by atoms with Gasteiger partial charge < -0.3 is 10.3 Å². The van der Waals surface area contributed by atoms with Gasteiger partial charge in [-0.3, -0.25) is 4.79 Å². The standard InChI is InChI=1S/C16H18N2O/c1-11-2-4-12(5-3-11)15-9-6-13(10-17)16(19)18(15)14-7-8-14/h2-6,9,14H,7-8,10,17H2,1H3. The quantitative estimate of drug-likeness (QED) is 0.915. The van der Waals surface area contributed by atoms with Crippen molar-refractivity contribution in [1.29, 1.82) is 0 Å². The number of nitrogens with two attached hydrogens (primary N) is 1. The minimum atomic E-state index is 0.0723. The zero-order valence-corrected chi connectivity index (χ0v) is 11.1. The van der Waals surface area contributed by atoms with Crippen LogP contribution in [0.3, 0.4) is 0 Å². The van der Waals surface area contributed by atoms with E-state index < -0.39 is 0 Å². The summed E-state index contributed by atoms with van der Waals surface area (Å²) in [7, 11) is 0. The van der Waals surface area contributed by atoms with E-state index in [0.29, 0.717) is 18.2 Å². The third kappa shape index (κ3) is 2.22. The lowest BCUT2D eigenvalue weighted by Gasteiger charge is -2.14. The highest BCUT2D eigenvalue weighted by Crippen LogP contribution is 2.37. The van der Waals surface area contributed by atoms with Crippen molar-refractivity contribution in [2.45, 2.75) is 32.4 Å². The van der Waals surface area contributed by atoms with E-state index in [1.807, 2.05) is 16.7 Å². The Labute approximate surface area is 112 Å². The van der Waals surface area contributed by atoms with Crippen LogP contribution in [-0.4, -0.2) is 4.57 Å². The molecule has 0 saturated heterocycles. The number of aromatic nitrogens is 1. The van der Waals surface area contributed by atoms with E-state index in [0.717, 1.165) is 24.1 Å². The molecular formula is C16H18N2O. The van der Waals surface area contributed by atoms with Crippen LogP contribution in [0.2, 0.25) is 0 Å². The van der Waals surface area contributed by atoms with E-state index in [4.69, 9.17) is 5.73 Å². The zero-order valence-electron chi connectivity index (χ0n) is 11.1. The van der Waals surface area contributed by atoms with E-state index >= 15 is 0 Å². The van der Waals surface area contributed by atoms with Crippen LogP contribution < -0.4 is 11.3 Å². The Morgan fingerprint density at radius 2 is 1.84 bits per heavy atom. The summed E-state index contributed by atoms with van der Waals surface area (Å²) in [5, 5.41) is 0. The van der Waals surface area contributed by atoms with Gasteiger partial charge in [-0.05, 0) is 31.4 Å². The second-order valence-electron chi connectivity index (χ2n) is 5.22. The third-order valence-electron chi connectivity index (χ3n) is 3.67. The number of aryl methyl sites for hydroxylation is 1. The van der Waals surface area contributed by atoms with Gasteiger partial charge >= 0.3 is 0 Å². The van der Waals surface area contributed by atoms with E-state index in [1.165, 1.54) is 5.56 Å². The second-order valence-corrected chi connectivity index (χ2v) is 5.22. The Kier molecular flexibility index (Phi) is 2.99. The van der Waals surface area contributed by atoms with Gasteiger partial charge in [-0.1, -0.05) is 35.9 Å². The molecule has 19 heavy (non-hydrogen) atoms. The molecule has 1 aromatic carbocycles. The molecule has 0 unspecified atom stereocenters. The van der Waals surface area contributed by atoms with Crippen LogP contribution in [0.1, 0.15) is 30.0 Å². The lowest BCUT2D eigenvalue weighted by Crippen LogP contribution is -2.25. The molecule has 0 bridgehead atoms. The van der Waals surface area contributed by atoms with Crippen molar-refractivity contribution in [3.05, 3.63) is 57.9 Å². The Balaban J connectivity index is 2.18. The topological polar surface area (TPSA) is 48.0 Å². The molecule has 1 fully saturated rings. The van der Waals surface area contributed by atoms with E-state index in [2.05, 4.69) is 31.2 Å². The van der Waals surface area contributed by atoms with Crippen LogP contribution in [0, 0.1) is 6.92 Å². The first-order valence-electron chi connectivity index (χ1n) is 6.72. The highest BCUT2D eigenvalue weighted by atomic mass is 16.1. The molecule has 3 rings (SSSR count). The molecule has 3 nitrogen and oxygen atoms in total. The van der Waals surface area contributed by atoms with E-state index in [1.54, 1.807) is 0 Å². The van der Waals surface area contributed by atoms with Crippen molar-refractivity contribution in [2.24, 2.45) is 5.73 Å². The summed E-state index contributed by atoms with van der Waals surface area (Å²) >= 11 is 0. The summed E-state index contributed by atoms with van der Waals surface area (Å²) in [6.45, 7) is 2.37. The van der Waals surface area contributed by atoms with Crippen LogP contribution in [-0.2, 0) is 6.54 Å². The Morgan fingerprint density at radius 1 is 1.16 bits per heavy atom. The molecular weight excluding hydrogens is 236 g/mol. The molecule has 3 heteroatoms. The minimum absolute atomic E-state index is 0.0723. The maximum Gasteiger partial charge on any atom is 0.255 e. The van der Waals surface area contributed by atoms with Crippen LogP contribution in [0.4, 0.5) is 0 Å². The summed E-state index contributed by atoms with van der Waals surface area (Å²) in [4.78, 5) is 12.4. The number of benzene rings is 1. The fourth-order valence-corrected chi connectivity index (χ4v) is 2.41. The molecule has 0 atom stereocenters. The number of hydrogen-bond acceptors (Lipinski definition) is 2. The lowest BCUT2D eigenvalue weighted by molar-refractivity contribution is 0.704. The molecule has 0 amide bonds. The molecule has 2 aromatic rings. The monoisotopic (exact) mass is 254 g/mol. The summed E-state index contributed by atoms with van der Waals surface area (Å²) in [5.74, 6) is 0. The summed E-state index contributed by atoms with van der Waals surface area (Å²) in [6, 6.07) is 12.5. The summed E-state index contributed by atoms with van der Waals surface area (Å²) < 4.78 is 1.92. The fraction of sp³-hybridized carbons (Fsp3) is 0.312. The van der Waals surface area contributed by atoms with Crippen molar-refractivity contribution in [2.75, 3.05) is 0 Å². The van der Waals surface area contributed by atoms with E-state index in [9.17, 15) is 4.79 Å². The van der Waals surface area contributed by atoms with Crippen LogP contribution in [0.25, 0.3) is 11.3 Å². The molecule has 1 aliphatic rings. The van der Waals surface area contributed by atoms with E-state index in [-0.39, 0.29) is 5.56 Å². The molecule has 0 spiro atoms. The smallest absolute Gasteiger partial charge is 0.255 e. The molecule has 1 aromatic heterocycles. The van der Waals surface area contributed by atoms with Crippen molar-refractivity contribution >= 4 is 0 Å². The number of rotatable bonds is 3. The predicted molar refractivity (Wildman–Crippen MR) is 77.0 cm³/mol. The van der Waals surface area contributed by atoms with Crippen LogP contribution >= 0.6 is 0 Å². The first-order chi connectivity index (χ1) is 9.20. The van der Waals surface area contributed by atoms with Gasteiger partial charge in [0.2, 0.25) is 0 Å². The molecule has 1 heterocycles. The average Bonchev–Trinajstić information content (AvgIpc) is 3.23. The minimum Gasteiger partial charge on any atom is -0.326 e. The number of hydrogen-bond donors (Lipinski definition) is 1. The first-order valence-corrected chi connectivity index (χ1v) is 6.72. The van der Waals surface area contributed by atoms with Gasteiger partial charge in [-0.2, -0.15) is 0 Å². The predicted octanol–water partition coefficient (Wildman–Crippen LogP) is 2.62. The third-order valence-corrected chi connectivity index (χ3v) is 3.67. The first kappa shape index (κ1) is 12.2. The van der Waals surface area contributed by atoms with Crippen molar-refractivity contribution in [3.63, 3.8) is 0 Å². The van der Waals surface area contributed by atoms with Gasteiger partial charge in [0, 0.05) is 18.2 Å². The lowest BCUT2D eigenvalue weighted by atomic mass is 10.1. The maximum atomic E-state index is 12.4. The molecule has 0 aliphatic heterocycles. The highest BCUT2D eigenvalue weighted by molar-refractivity contribution is 5.60. The molecule has 1 saturated carbocycles. The summed E-state index contributed by atoms with van der Waals surface area (Å²) in [5.41, 5.74) is 9.73. The normalized spacial score (nSPS) is 14.6. The zero-order chi connectivity index (χ0) is 13.4. The fourth-order valence-electron chi connectivity index (χ4n) is 2.41. The Morgan fingerprint density at radius 3 is 2.42 bits per heavy atom. The number of nitrogens with zero attached hydrogens (tertiary/aromatic N) is 1. The number of pyridine rings is 1. The van der Waals surface area contributed by atoms with Gasteiger partial charge in [0.05, 0.1) is 5.69 Å². The van der Waals surface area contributed by atoms with Crippen LogP contribution in [0.5, 0.6) is 0 Å². The highest BCUT2D eigenvalue weighted by Gasteiger charge is 2.27. The molecule has 0 radical (unpaired) electrons. The molecule has 1 aliphatic carbocycles. The SMILES string of the molecule is Cc1ccc(-c2ccc(CN)c(=O)n2C2CC2)cc1. The van der Waals surface area contributed by atoms with Gasteiger partial charge in [-0.25, -0.2) is 0 Å². The molecule has 98 valence electrons.